The zero-order valence-corrected chi connectivity index (χ0v) is 21.1. The predicted octanol–water partition coefficient (Wildman–Crippen LogP) is 4.53. The van der Waals surface area contributed by atoms with E-state index in [9.17, 15) is 4.39 Å². The van der Waals surface area contributed by atoms with Crippen molar-refractivity contribution < 1.29 is 13.9 Å². The zero-order chi connectivity index (χ0) is 21.7. The first-order chi connectivity index (χ1) is 15.1. The number of nitrogens with zero attached hydrogens (tertiary/aromatic N) is 2. The highest BCUT2D eigenvalue weighted by Gasteiger charge is 2.35. The number of aliphatic imine (C=N–C) groups is 1. The Balaban J connectivity index is 0.00000289. The normalized spacial score (nSPS) is 23.3. The first-order valence-corrected chi connectivity index (χ1v) is 11.1. The minimum absolute atomic E-state index is 0. The van der Waals surface area contributed by atoms with E-state index in [2.05, 4.69) is 52.5 Å². The summed E-state index contributed by atoms with van der Waals surface area (Å²) in [7, 11) is 1.83. The Morgan fingerprint density at radius 1 is 1.09 bits per heavy atom. The van der Waals surface area contributed by atoms with E-state index in [-0.39, 0.29) is 47.4 Å². The second kappa shape index (κ2) is 11.4. The summed E-state index contributed by atoms with van der Waals surface area (Å²) >= 11 is 0. The van der Waals surface area contributed by atoms with Crippen LogP contribution in [0.25, 0.3) is 0 Å². The average molecular weight is 553 g/mol. The molecule has 2 heterocycles. The maximum Gasteiger partial charge on any atom is 0.193 e. The van der Waals surface area contributed by atoms with Crippen LogP contribution >= 0.6 is 24.0 Å². The molecule has 0 saturated carbocycles. The third kappa shape index (κ3) is 5.80. The van der Waals surface area contributed by atoms with E-state index >= 15 is 0 Å². The van der Waals surface area contributed by atoms with E-state index < -0.39 is 0 Å². The third-order valence-electron chi connectivity index (χ3n) is 6.43. The standard InChI is InChI=1S/C25H32FN3O2.HI/c1-19-16-29(17-23(31-19)20-8-10-22(26)11-9-20)24(27-2)28-18-25(12-14-30-15-13-25)21-6-4-3-5-7-21;/h3-11,19,23H,12-18H2,1-2H3,(H,27,28);1H. The minimum atomic E-state index is -0.232. The largest absolute Gasteiger partial charge is 0.381 e. The number of morpholine rings is 1. The minimum Gasteiger partial charge on any atom is -0.381 e. The molecule has 2 aromatic rings. The molecule has 7 heteroatoms. The Kier molecular flexibility index (Phi) is 8.90. The van der Waals surface area contributed by atoms with E-state index in [4.69, 9.17) is 9.47 Å². The highest BCUT2D eigenvalue weighted by Crippen LogP contribution is 2.34. The second-order valence-electron chi connectivity index (χ2n) is 8.55. The molecule has 0 amide bonds. The van der Waals surface area contributed by atoms with Crippen molar-refractivity contribution in [3.63, 3.8) is 0 Å². The lowest BCUT2D eigenvalue weighted by Gasteiger charge is -2.41. The van der Waals surface area contributed by atoms with Crippen molar-refractivity contribution >= 4 is 29.9 Å². The molecule has 0 aromatic heterocycles. The fourth-order valence-electron chi connectivity index (χ4n) is 4.69. The summed E-state index contributed by atoms with van der Waals surface area (Å²) in [4.78, 5) is 6.83. The molecule has 2 atom stereocenters. The zero-order valence-electron chi connectivity index (χ0n) is 18.8. The van der Waals surface area contributed by atoms with Crippen LogP contribution in [0, 0.1) is 5.82 Å². The molecule has 2 fully saturated rings. The van der Waals surface area contributed by atoms with Gasteiger partial charge in [-0.1, -0.05) is 42.5 Å². The van der Waals surface area contributed by atoms with Crippen molar-refractivity contribution in [3.05, 3.63) is 71.5 Å². The lowest BCUT2D eigenvalue weighted by Crippen LogP contribution is -2.53. The van der Waals surface area contributed by atoms with Crippen molar-refractivity contribution in [2.75, 3.05) is 39.9 Å². The monoisotopic (exact) mass is 553 g/mol. The smallest absolute Gasteiger partial charge is 0.193 e. The van der Waals surface area contributed by atoms with Gasteiger partial charge in [-0.05, 0) is 43.0 Å². The van der Waals surface area contributed by atoms with Crippen LogP contribution in [-0.4, -0.2) is 56.9 Å². The summed E-state index contributed by atoms with van der Waals surface area (Å²) in [6.07, 6.45) is 1.90. The predicted molar refractivity (Wildman–Crippen MR) is 136 cm³/mol. The van der Waals surface area contributed by atoms with Gasteiger partial charge in [0.25, 0.3) is 0 Å². The molecule has 0 radical (unpaired) electrons. The molecule has 2 saturated heterocycles. The summed E-state index contributed by atoms with van der Waals surface area (Å²) in [6, 6.07) is 17.3. The maximum atomic E-state index is 13.4. The van der Waals surface area contributed by atoms with Crippen molar-refractivity contribution in [2.24, 2.45) is 4.99 Å². The van der Waals surface area contributed by atoms with Gasteiger partial charge in [0.1, 0.15) is 11.9 Å². The van der Waals surface area contributed by atoms with Gasteiger partial charge in [0.15, 0.2) is 5.96 Å². The van der Waals surface area contributed by atoms with E-state index in [1.165, 1.54) is 17.7 Å². The van der Waals surface area contributed by atoms with Gasteiger partial charge in [-0.25, -0.2) is 4.39 Å². The topological polar surface area (TPSA) is 46.1 Å². The van der Waals surface area contributed by atoms with Gasteiger partial charge in [0.2, 0.25) is 0 Å². The molecule has 1 N–H and O–H groups in total. The van der Waals surface area contributed by atoms with Crippen LogP contribution < -0.4 is 5.32 Å². The lowest BCUT2D eigenvalue weighted by atomic mass is 9.74. The summed E-state index contributed by atoms with van der Waals surface area (Å²) in [5, 5.41) is 3.65. The van der Waals surface area contributed by atoms with Gasteiger partial charge in [-0.2, -0.15) is 0 Å². The molecule has 0 bridgehead atoms. The summed E-state index contributed by atoms with van der Waals surface area (Å²) in [6.45, 7) is 5.86. The van der Waals surface area contributed by atoms with Crippen molar-refractivity contribution in [1.29, 1.82) is 0 Å². The number of rotatable bonds is 4. The molecule has 4 rings (SSSR count). The van der Waals surface area contributed by atoms with Crippen LogP contribution in [0.3, 0.4) is 0 Å². The first-order valence-electron chi connectivity index (χ1n) is 11.1. The van der Waals surface area contributed by atoms with Gasteiger partial charge < -0.3 is 19.7 Å². The van der Waals surface area contributed by atoms with Gasteiger partial charge in [0.05, 0.1) is 12.6 Å². The van der Waals surface area contributed by atoms with Gasteiger partial charge in [-0.15, -0.1) is 24.0 Å². The van der Waals surface area contributed by atoms with Gasteiger partial charge in [-0.3, -0.25) is 4.99 Å². The fraction of sp³-hybridized carbons (Fsp3) is 0.480. The summed E-state index contributed by atoms with van der Waals surface area (Å²) in [5.74, 6) is 0.647. The Labute approximate surface area is 207 Å². The number of hydrogen-bond donors (Lipinski definition) is 1. The fourth-order valence-corrected chi connectivity index (χ4v) is 4.69. The van der Waals surface area contributed by atoms with Gasteiger partial charge in [0, 0.05) is 38.8 Å². The molecule has 2 aliphatic rings. The Hall–Kier alpha value is -1.71. The van der Waals surface area contributed by atoms with Crippen LogP contribution in [0.15, 0.2) is 59.6 Å². The van der Waals surface area contributed by atoms with E-state index in [0.29, 0.717) is 6.54 Å². The average Bonchev–Trinajstić information content (AvgIpc) is 2.81. The van der Waals surface area contributed by atoms with E-state index in [1.54, 1.807) is 12.1 Å². The van der Waals surface area contributed by atoms with Gasteiger partial charge >= 0.3 is 0 Å². The molecule has 32 heavy (non-hydrogen) atoms. The van der Waals surface area contributed by atoms with Crippen LogP contribution in [0.2, 0.25) is 0 Å². The lowest BCUT2D eigenvalue weighted by molar-refractivity contribution is -0.0606. The van der Waals surface area contributed by atoms with Crippen LogP contribution in [0.1, 0.15) is 37.0 Å². The molecule has 0 aliphatic carbocycles. The second-order valence-corrected chi connectivity index (χ2v) is 8.55. The number of nitrogens with one attached hydrogen (secondary N) is 1. The van der Waals surface area contributed by atoms with E-state index in [1.807, 2.05) is 7.05 Å². The van der Waals surface area contributed by atoms with E-state index in [0.717, 1.165) is 50.7 Å². The number of guanidine groups is 1. The van der Waals surface area contributed by atoms with Crippen LogP contribution in [-0.2, 0) is 14.9 Å². The quantitative estimate of drug-likeness (QED) is 0.344. The number of hydrogen-bond acceptors (Lipinski definition) is 3. The number of halogens is 2. The molecular formula is C25H33FIN3O2. The van der Waals surface area contributed by atoms with Crippen molar-refractivity contribution in [1.82, 2.24) is 10.2 Å². The molecular weight excluding hydrogens is 520 g/mol. The van der Waals surface area contributed by atoms with Crippen molar-refractivity contribution in [2.45, 2.75) is 37.4 Å². The molecule has 2 aromatic carbocycles. The molecule has 2 aliphatic heterocycles. The Bertz CT molecular complexity index is 873. The Morgan fingerprint density at radius 2 is 1.78 bits per heavy atom. The summed E-state index contributed by atoms with van der Waals surface area (Å²) in [5.41, 5.74) is 2.36. The molecule has 2 unspecified atom stereocenters. The Morgan fingerprint density at radius 3 is 2.44 bits per heavy atom. The SMILES string of the molecule is CN=C(NCC1(c2ccccc2)CCOCC1)N1CC(C)OC(c2ccc(F)cc2)C1.I. The molecule has 174 valence electrons. The summed E-state index contributed by atoms with van der Waals surface area (Å²) < 4.78 is 25.2. The van der Waals surface area contributed by atoms with Crippen LogP contribution in [0.4, 0.5) is 4.39 Å². The number of ether oxygens (including phenoxy) is 2. The van der Waals surface area contributed by atoms with Crippen molar-refractivity contribution in [3.8, 4) is 0 Å². The number of benzene rings is 2. The molecule has 0 spiro atoms. The third-order valence-corrected chi connectivity index (χ3v) is 6.43. The molecule has 5 nitrogen and oxygen atoms in total. The highest BCUT2D eigenvalue weighted by atomic mass is 127. The first kappa shape index (κ1) is 24.9. The maximum absolute atomic E-state index is 13.4. The highest BCUT2D eigenvalue weighted by molar-refractivity contribution is 14.0. The van der Waals surface area contributed by atoms with Crippen LogP contribution in [0.5, 0.6) is 0 Å².